The molecule has 26 heavy (non-hydrogen) atoms. The van der Waals surface area contributed by atoms with Crippen molar-refractivity contribution in [2.75, 3.05) is 6.54 Å². The van der Waals surface area contributed by atoms with Crippen LogP contribution in [0.5, 0.6) is 0 Å². The number of para-hydroxylation sites is 2. The van der Waals surface area contributed by atoms with Crippen LogP contribution in [0.1, 0.15) is 17.1 Å². The molecule has 4 aromatic rings. The number of aromatic amines is 2. The molecule has 0 aliphatic carbocycles. The molecule has 0 fully saturated rings. The van der Waals surface area contributed by atoms with Crippen molar-refractivity contribution < 1.29 is 9.18 Å². The van der Waals surface area contributed by atoms with E-state index in [1.165, 1.54) is 12.1 Å². The normalized spacial score (nSPS) is 11.3. The van der Waals surface area contributed by atoms with E-state index < -0.39 is 0 Å². The van der Waals surface area contributed by atoms with Crippen molar-refractivity contribution in [1.82, 2.24) is 20.3 Å². The number of hydrogen-bond acceptors (Lipinski definition) is 2. The summed E-state index contributed by atoms with van der Waals surface area (Å²) in [5.74, 6) is 0.453. The Kier molecular flexibility index (Phi) is 4.16. The predicted molar refractivity (Wildman–Crippen MR) is 99.5 cm³/mol. The summed E-state index contributed by atoms with van der Waals surface area (Å²) in [6.45, 7) is 2.39. The molecule has 4 rings (SSSR count). The third-order valence-electron chi connectivity index (χ3n) is 4.54. The van der Waals surface area contributed by atoms with Crippen LogP contribution in [-0.2, 0) is 17.6 Å². The van der Waals surface area contributed by atoms with E-state index in [9.17, 15) is 9.18 Å². The number of carbonyl (C=O) groups excluding carboxylic acids is 1. The standard InChI is InChI=1S/C20H19FN4O/c1-12-14(15-10-13(21)6-7-16(15)23-12)11-20(26)22-9-8-19-24-17-4-2-3-5-18(17)25-19/h2-7,10,23H,8-9,11H2,1H3,(H,22,26)(H,24,25). The highest BCUT2D eigenvalue weighted by atomic mass is 19.1. The molecule has 0 atom stereocenters. The van der Waals surface area contributed by atoms with Crippen molar-refractivity contribution in [3.8, 4) is 0 Å². The summed E-state index contributed by atoms with van der Waals surface area (Å²) in [6.07, 6.45) is 0.845. The minimum absolute atomic E-state index is 0.0885. The second-order valence-corrected chi connectivity index (χ2v) is 6.40. The Morgan fingerprint density at radius 3 is 2.85 bits per heavy atom. The van der Waals surface area contributed by atoms with Gasteiger partial charge in [0.1, 0.15) is 11.6 Å². The molecule has 0 bridgehead atoms. The largest absolute Gasteiger partial charge is 0.358 e. The van der Waals surface area contributed by atoms with Crippen molar-refractivity contribution in [3.63, 3.8) is 0 Å². The summed E-state index contributed by atoms with van der Waals surface area (Å²) in [6, 6.07) is 12.4. The van der Waals surface area contributed by atoms with Gasteiger partial charge in [0, 0.05) is 29.6 Å². The summed E-state index contributed by atoms with van der Waals surface area (Å²) in [4.78, 5) is 23.2. The topological polar surface area (TPSA) is 73.6 Å². The number of aryl methyl sites for hydroxylation is 1. The number of aromatic nitrogens is 3. The first-order chi connectivity index (χ1) is 12.6. The highest BCUT2D eigenvalue weighted by Gasteiger charge is 2.13. The van der Waals surface area contributed by atoms with Gasteiger partial charge in [-0.15, -0.1) is 0 Å². The SMILES string of the molecule is Cc1[nH]c2ccc(F)cc2c1CC(=O)NCCc1nc2ccccc2[nH]1. The van der Waals surface area contributed by atoms with Crippen LogP contribution in [0.2, 0.25) is 0 Å². The molecule has 132 valence electrons. The van der Waals surface area contributed by atoms with Gasteiger partial charge < -0.3 is 15.3 Å². The van der Waals surface area contributed by atoms with Gasteiger partial charge in [-0.05, 0) is 42.8 Å². The van der Waals surface area contributed by atoms with Gasteiger partial charge in [-0.2, -0.15) is 0 Å². The average molecular weight is 350 g/mol. The van der Waals surface area contributed by atoms with E-state index in [0.717, 1.165) is 39.0 Å². The number of hydrogen-bond donors (Lipinski definition) is 3. The number of benzene rings is 2. The third-order valence-corrected chi connectivity index (χ3v) is 4.54. The fourth-order valence-corrected chi connectivity index (χ4v) is 3.25. The number of nitrogens with zero attached hydrogens (tertiary/aromatic N) is 1. The first kappa shape index (κ1) is 16.3. The van der Waals surface area contributed by atoms with Gasteiger partial charge in [0.2, 0.25) is 5.91 Å². The molecule has 0 aliphatic rings. The third kappa shape index (κ3) is 3.18. The Hall–Kier alpha value is -3.15. The molecule has 0 saturated heterocycles. The maximum atomic E-state index is 13.5. The maximum Gasteiger partial charge on any atom is 0.224 e. The van der Waals surface area contributed by atoms with E-state index in [4.69, 9.17) is 0 Å². The monoisotopic (exact) mass is 350 g/mol. The number of carbonyl (C=O) groups is 1. The molecule has 0 radical (unpaired) electrons. The van der Waals surface area contributed by atoms with Gasteiger partial charge in [0.15, 0.2) is 0 Å². The molecule has 0 saturated carbocycles. The van der Waals surface area contributed by atoms with Gasteiger partial charge >= 0.3 is 0 Å². The molecule has 2 heterocycles. The summed E-state index contributed by atoms with van der Waals surface area (Å²) in [5.41, 5.74) is 4.48. The molecule has 2 aromatic carbocycles. The zero-order valence-corrected chi connectivity index (χ0v) is 14.4. The Balaban J connectivity index is 1.40. The van der Waals surface area contributed by atoms with Gasteiger partial charge in [-0.1, -0.05) is 12.1 Å². The summed E-state index contributed by atoms with van der Waals surface area (Å²) >= 11 is 0. The second kappa shape index (κ2) is 6.63. The van der Waals surface area contributed by atoms with Crippen molar-refractivity contribution >= 4 is 27.8 Å². The summed E-state index contributed by atoms with van der Waals surface area (Å²) < 4.78 is 13.5. The number of halogens is 1. The number of fused-ring (bicyclic) bond motifs is 2. The lowest BCUT2D eigenvalue weighted by atomic mass is 10.1. The van der Waals surface area contributed by atoms with Crippen LogP contribution in [0.25, 0.3) is 21.9 Å². The van der Waals surface area contributed by atoms with Crippen LogP contribution in [0.3, 0.4) is 0 Å². The van der Waals surface area contributed by atoms with E-state index in [1.807, 2.05) is 31.2 Å². The van der Waals surface area contributed by atoms with Crippen molar-refractivity contribution in [2.45, 2.75) is 19.8 Å². The quantitative estimate of drug-likeness (QED) is 0.516. The van der Waals surface area contributed by atoms with E-state index >= 15 is 0 Å². The van der Waals surface area contributed by atoms with Crippen molar-refractivity contribution in [1.29, 1.82) is 0 Å². The first-order valence-electron chi connectivity index (χ1n) is 8.57. The van der Waals surface area contributed by atoms with Gasteiger partial charge in [-0.25, -0.2) is 9.37 Å². The molecule has 1 amide bonds. The molecule has 3 N–H and O–H groups in total. The van der Waals surface area contributed by atoms with Crippen molar-refractivity contribution in [3.05, 3.63) is 65.4 Å². The Morgan fingerprint density at radius 2 is 2.00 bits per heavy atom. The van der Waals surface area contributed by atoms with Crippen LogP contribution in [-0.4, -0.2) is 27.4 Å². The summed E-state index contributed by atoms with van der Waals surface area (Å²) in [5, 5.41) is 3.67. The van der Waals surface area contributed by atoms with Crippen molar-refractivity contribution in [2.24, 2.45) is 0 Å². The fourth-order valence-electron chi connectivity index (χ4n) is 3.25. The Labute approximate surface area is 149 Å². The molecule has 5 nitrogen and oxygen atoms in total. The maximum absolute atomic E-state index is 13.5. The van der Waals surface area contributed by atoms with Crippen LogP contribution < -0.4 is 5.32 Å². The zero-order valence-electron chi connectivity index (χ0n) is 14.4. The average Bonchev–Trinajstić information content (AvgIpc) is 3.16. The lowest BCUT2D eigenvalue weighted by Crippen LogP contribution is -2.27. The highest BCUT2D eigenvalue weighted by molar-refractivity contribution is 5.90. The van der Waals surface area contributed by atoms with Crippen LogP contribution in [0.4, 0.5) is 4.39 Å². The minimum Gasteiger partial charge on any atom is -0.358 e. The Morgan fingerprint density at radius 1 is 1.15 bits per heavy atom. The second-order valence-electron chi connectivity index (χ2n) is 6.40. The number of rotatable bonds is 5. The van der Waals surface area contributed by atoms with Gasteiger partial charge in [-0.3, -0.25) is 4.79 Å². The number of amides is 1. The molecule has 0 unspecified atom stereocenters. The molecule has 0 aliphatic heterocycles. The predicted octanol–water partition coefficient (Wildman–Crippen LogP) is 3.39. The number of imidazole rings is 1. The molecule has 6 heteroatoms. The molecular weight excluding hydrogens is 331 g/mol. The summed E-state index contributed by atoms with van der Waals surface area (Å²) in [7, 11) is 0. The number of nitrogens with one attached hydrogen (secondary N) is 3. The lowest BCUT2D eigenvalue weighted by Gasteiger charge is -2.05. The lowest BCUT2D eigenvalue weighted by molar-refractivity contribution is -0.120. The smallest absolute Gasteiger partial charge is 0.224 e. The fraction of sp³-hybridized carbons (Fsp3) is 0.200. The van der Waals surface area contributed by atoms with E-state index in [0.29, 0.717) is 13.0 Å². The minimum atomic E-state index is -0.303. The Bertz CT molecular complexity index is 1060. The van der Waals surface area contributed by atoms with E-state index in [1.54, 1.807) is 6.07 Å². The first-order valence-corrected chi connectivity index (χ1v) is 8.57. The molecule has 0 spiro atoms. The van der Waals surface area contributed by atoms with Gasteiger partial charge in [0.25, 0.3) is 0 Å². The van der Waals surface area contributed by atoms with E-state index in [2.05, 4.69) is 20.3 Å². The molecular formula is C20H19FN4O. The van der Waals surface area contributed by atoms with E-state index in [-0.39, 0.29) is 18.1 Å². The highest BCUT2D eigenvalue weighted by Crippen LogP contribution is 2.23. The van der Waals surface area contributed by atoms with Crippen LogP contribution in [0, 0.1) is 12.7 Å². The van der Waals surface area contributed by atoms with Gasteiger partial charge in [0.05, 0.1) is 17.5 Å². The number of H-pyrrole nitrogens is 2. The zero-order chi connectivity index (χ0) is 18.1. The van der Waals surface area contributed by atoms with Crippen LogP contribution in [0.15, 0.2) is 42.5 Å². The molecule has 2 aromatic heterocycles. The van der Waals surface area contributed by atoms with Crippen LogP contribution >= 0.6 is 0 Å².